The van der Waals surface area contributed by atoms with Gasteiger partial charge in [0.25, 0.3) is 0 Å². The number of hydrogen-bond donors (Lipinski definition) is 1. The standard InChI is InChI=1S/C12H12BrN3/c1-9(10-3-5-11(13)6-4-10)16-12-14-7-2-8-15-12/h2-9H,1H3,(H,14,15,16)/t9-/m0/s1. The summed E-state index contributed by atoms with van der Waals surface area (Å²) in [7, 11) is 0. The first-order valence-corrected chi connectivity index (χ1v) is 5.84. The molecule has 1 aromatic carbocycles. The average Bonchev–Trinajstić information content (AvgIpc) is 2.31. The largest absolute Gasteiger partial charge is 0.348 e. The number of rotatable bonds is 3. The summed E-state index contributed by atoms with van der Waals surface area (Å²) in [4.78, 5) is 8.26. The van der Waals surface area contributed by atoms with Crippen LogP contribution in [-0.2, 0) is 0 Å². The van der Waals surface area contributed by atoms with Crippen LogP contribution < -0.4 is 5.32 Å². The highest BCUT2D eigenvalue weighted by Crippen LogP contribution is 2.18. The lowest BCUT2D eigenvalue weighted by Crippen LogP contribution is -2.08. The van der Waals surface area contributed by atoms with E-state index in [2.05, 4.69) is 50.3 Å². The number of hydrogen-bond acceptors (Lipinski definition) is 3. The van der Waals surface area contributed by atoms with E-state index >= 15 is 0 Å². The van der Waals surface area contributed by atoms with Crippen LogP contribution in [-0.4, -0.2) is 9.97 Å². The Morgan fingerprint density at radius 1 is 1.12 bits per heavy atom. The Kier molecular flexibility index (Phi) is 3.51. The summed E-state index contributed by atoms with van der Waals surface area (Å²) < 4.78 is 1.08. The van der Waals surface area contributed by atoms with Crippen molar-refractivity contribution in [3.05, 3.63) is 52.8 Å². The number of nitrogens with one attached hydrogen (secondary N) is 1. The predicted molar refractivity (Wildman–Crippen MR) is 68.2 cm³/mol. The third-order valence-corrected chi connectivity index (χ3v) is 2.81. The molecule has 0 fully saturated rings. The van der Waals surface area contributed by atoms with Crippen molar-refractivity contribution in [3.63, 3.8) is 0 Å². The molecule has 1 atom stereocenters. The summed E-state index contributed by atoms with van der Waals surface area (Å²) >= 11 is 3.42. The van der Waals surface area contributed by atoms with E-state index in [1.54, 1.807) is 18.5 Å². The summed E-state index contributed by atoms with van der Waals surface area (Å²) in [6, 6.07) is 10.2. The Hall–Kier alpha value is -1.42. The third-order valence-electron chi connectivity index (χ3n) is 2.28. The minimum absolute atomic E-state index is 0.190. The molecule has 0 spiro atoms. The van der Waals surface area contributed by atoms with Gasteiger partial charge < -0.3 is 5.32 Å². The van der Waals surface area contributed by atoms with Crippen LogP contribution in [0.15, 0.2) is 47.2 Å². The van der Waals surface area contributed by atoms with Crippen molar-refractivity contribution in [2.75, 3.05) is 5.32 Å². The molecular formula is C12H12BrN3. The zero-order chi connectivity index (χ0) is 11.4. The van der Waals surface area contributed by atoms with Crippen LogP contribution in [0.4, 0.5) is 5.95 Å². The molecule has 4 heteroatoms. The van der Waals surface area contributed by atoms with E-state index in [-0.39, 0.29) is 6.04 Å². The van der Waals surface area contributed by atoms with E-state index in [1.807, 2.05) is 12.1 Å². The number of anilines is 1. The topological polar surface area (TPSA) is 37.8 Å². The Bertz CT molecular complexity index is 442. The fourth-order valence-corrected chi connectivity index (χ4v) is 1.67. The van der Waals surface area contributed by atoms with Gasteiger partial charge in [-0.05, 0) is 30.7 Å². The number of benzene rings is 1. The molecule has 0 radical (unpaired) electrons. The van der Waals surface area contributed by atoms with Gasteiger partial charge in [0.05, 0.1) is 6.04 Å². The van der Waals surface area contributed by atoms with Gasteiger partial charge in [-0.25, -0.2) is 9.97 Å². The number of halogens is 1. The van der Waals surface area contributed by atoms with Crippen molar-refractivity contribution in [3.8, 4) is 0 Å². The molecule has 3 nitrogen and oxygen atoms in total. The Balaban J connectivity index is 2.09. The molecule has 16 heavy (non-hydrogen) atoms. The zero-order valence-electron chi connectivity index (χ0n) is 8.89. The van der Waals surface area contributed by atoms with Gasteiger partial charge in [0.15, 0.2) is 0 Å². The van der Waals surface area contributed by atoms with Gasteiger partial charge in [-0.15, -0.1) is 0 Å². The first-order chi connectivity index (χ1) is 7.75. The van der Waals surface area contributed by atoms with Crippen LogP contribution in [0.1, 0.15) is 18.5 Å². The molecule has 1 aromatic heterocycles. The van der Waals surface area contributed by atoms with Crippen LogP contribution in [0.2, 0.25) is 0 Å². The second-order valence-electron chi connectivity index (χ2n) is 3.49. The summed E-state index contributed by atoms with van der Waals surface area (Å²) in [6.45, 7) is 2.08. The maximum absolute atomic E-state index is 4.13. The molecule has 0 aliphatic carbocycles. The van der Waals surface area contributed by atoms with E-state index < -0.39 is 0 Å². The maximum atomic E-state index is 4.13. The fraction of sp³-hybridized carbons (Fsp3) is 0.167. The van der Waals surface area contributed by atoms with Gasteiger partial charge in [0.2, 0.25) is 5.95 Å². The molecule has 0 aliphatic rings. The van der Waals surface area contributed by atoms with Gasteiger partial charge in [0, 0.05) is 16.9 Å². The van der Waals surface area contributed by atoms with Crippen molar-refractivity contribution in [1.82, 2.24) is 9.97 Å². The molecule has 0 amide bonds. The second-order valence-corrected chi connectivity index (χ2v) is 4.41. The quantitative estimate of drug-likeness (QED) is 0.934. The van der Waals surface area contributed by atoms with Crippen molar-refractivity contribution in [2.45, 2.75) is 13.0 Å². The first-order valence-electron chi connectivity index (χ1n) is 5.05. The summed E-state index contributed by atoms with van der Waals surface area (Å²) in [5.41, 5.74) is 1.20. The number of nitrogens with zero attached hydrogens (tertiary/aromatic N) is 2. The molecule has 0 bridgehead atoms. The Morgan fingerprint density at radius 3 is 2.38 bits per heavy atom. The minimum Gasteiger partial charge on any atom is -0.348 e. The Morgan fingerprint density at radius 2 is 1.75 bits per heavy atom. The molecule has 1 N–H and O–H groups in total. The van der Waals surface area contributed by atoms with Crippen LogP contribution in [0.25, 0.3) is 0 Å². The highest BCUT2D eigenvalue weighted by molar-refractivity contribution is 9.10. The summed E-state index contributed by atoms with van der Waals surface area (Å²) in [5.74, 6) is 0.651. The average molecular weight is 278 g/mol. The fourth-order valence-electron chi connectivity index (χ4n) is 1.40. The maximum Gasteiger partial charge on any atom is 0.223 e. The molecule has 0 saturated carbocycles. The first kappa shape index (κ1) is 11.1. The van der Waals surface area contributed by atoms with Gasteiger partial charge in [-0.2, -0.15) is 0 Å². The summed E-state index contributed by atoms with van der Waals surface area (Å²) in [5, 5.41) is 3.24. The van der Waals surface area contributed by atoms with Gasteiger partial charge >= 0.3 is 0 Å². The molecule has 1 heterocycles. The van der Waals surface area contributed by atoms with Crippen molar-refractivity contribution >= 4 is 21.9 Å². The highest BCUT2D eigenvalue weighted by atomic mass is 79.9. The van der Waals surface area contributed by atoms with E-state index in [1.165, 1.54) is 5.56 Å². The SMILES string of the molecule is C[C@H](Nc1ncccn1)c1ccc(Br)cc1. The monoisotopic (exact) mass is 277 g/mol. The lowest BCUT2D eigenvalue weighted by Gasteiger charge is -2.13. The number of aromatic nitrogens is 2. The van der Waals surface area contributed by atoms with Crippen molar-refractivity contribution in [2.24, 2.45) is 0 Å². The predicted octanol–water partition coefficient (Wildman–Crippen LogP) is 3.41. The minimum atomic E-state index is 0.190. The molecule has 2 aromatic rings. The molecule has 0 unspecified atom stereocenters. The van der Waals surface area contributed by atoms with Gasteiger partial charge in [-0.1, -0.05) is 28.1 Å². The van der Waals surface area contributed by atoms with Crippen LogP contribution in [0, 0.1) is 0 Å². The molecule has 0 aliphatic heterocycles. The van der Waals surface area contributed by atoms with Crippen LogP contribution in [0.5, 0.6) is 0 Å². The normalized spacial score (nSPS) is 12.1. The lowest BCUT2D eigenvalue weighted by molar-refractivity contribution is 0.860. The smallest absolute Gasteiger partial charge is 0.223 e. The molecule has 2 rings (SSSR count). The van der Waals surface area contributed by atoms with E-state index in [0.29, 0.717) is 5.95 Å². The van der Waals surface area contributed by atoms with Crippen molar-refractivity contribution < 1.29 is 0 Å². The van der Waals surface area contributed by atoms with E-state index in [9.17, 15) is 0 Å². The van der Waals surface area contributed by atoms with Crippen LogP contribution in [0.3, 0.4) is 0 Å². The van der Waals surface area contributed by atoms with E-state index in [4.69, 9.17) is 0 Å². The second kappa shape index (κ2) is 5.07. The lowest BCUT2D eigenvalue weighted by atomic mass is 10.1. The van der Waals surface area contributed by atoms with E-state index in [0.717, 1.165) is 4.47 Å². The third kappa shape index (κ3) is 2.79. The Labute approximate surface area is 103 Å². The van der Waals surface area contributed by atoms with Gasteiger partial charge in [0.1, 0.15) is 0 Å². The van der Waals surface area contributed by atoms with Crippen LogP contribution >= 0.6 is 15.9 Å². The highest BCUT2D eigenvalue weighted by Gasteiger charge is 2.05. The van der Waals surface area contributed by atoms with Gasteiger partial charge in [-0.3, -0.25) is 0 Å². The zero-order valence-corrected chi connectivity index (χ0v) is 10.5. The molecule has 0 saturated heterocycles. The summed E-state index contributed by atoms with van der Waals surface area (Å²) in [6.07, 6.45) is 3.45. The molecular weight excluding hydrogens is 266 g/mol. The molecule has 82 valence electrons. The van der Waals surface area contributed by atoms with Crippen molar-refractivity contribution in [1.29, 1.82) is 0 Å².